The van der Waals surface area contributed by atoms with Crippen LogP contribution < -0.4 is 9.64 Å². The summed E-state index contributed by atoms with van der Waals surface area (Å²) in [4.78, 5) is 29.2. The molecule has 9 nitrogen and oxygen atoms in total. The van der Waals surface area contributed by atoms with Crippen molar-refractivity contribution >= 4 is 33.7 Å². The average Bonchev–Trinajstić information content (AvgIpc) is 3.30. The summed E-state index contributed by atoms with van der Waals surface area (Å²) >= 11 is 0. The Morgan fingerprint density at radius 3 is 2.62 bits per heavy atom. The molecular weight excluding hydrogens is 437 g/mol. The molecule has 174 valence electrons. The van der Waals surface area contributed by atoms with Crippen LogP contribution in [-0.4, -0.2) is 69.2 Å². The van der Waals surface area contributed by atoms with Crippen molar-refractivity contribution in [2.75, 3.05) is 38.2 Å². The zero-order valence-electron chi connectivity index (χ0n) is 19.2. The highest BCUT2D eigenvalue weighted by Gasteiger charge is 2.26. The molecule has 0 bridgehead atoms. The molecule has 1 saturated heterocycles. The Hall–Kier alpha value is -4.08. The van der Waals surface area contributed by atoms with Crippen LogP contribution in [0.2, 0.25) is 0 Å². The quantitative estimate of drug-likeness (QED) is 0.465. The van der Waals surface area contributed by atoms with E-state index in [-0.39, 0.29) is 6.01 Å². The minimum absolute atomic E-state index is 0.228. The third-order valence-corrected chi connectivity index (χ3v) is 6.33. The van der Waals surface area contributed by atoms with E-state index in [9.17, 15) is 9.18 Å². The summed E-state index contributed by atoms with van der Waals surface area (Å²) in [7, 11) is 1.52. The van der Waals surface area contributed by atoms with Crippen LogP contribution in [0.3, 0.4) is 0 Å². The number of benzene rings is 1. The van der Waals surface area contributed by atoms with Gasteiger partial charge in [0.05, 0.1) is 24.3 Å². The predicted molar refractivity (Wildman–Crippen MR) is 127 cm³/mol. The van der Waals surface area contributed by atoms with Crippen LogP contribution in [0.15, 0.2) is 36.9 Å². The molecule has 3 aromatic heterocycles. The third-order valence-electron chi connectivity index (χ3n) is 6.33. The molecule has 0 spiro atoms. The maximum absolute atomic E-state index is 13.3. The van der Waals surface area contributed by atoms with E-state index in [0.717, 1.165) is 33.2 Å². The normalized spacial score (nSPS) is 14.1. The largest absolute Gasteiger partial charge is 0.467 e. The summed E-state index contributed by atoms with van der Waals surface area (Å²) in [6.45, 7) is 8.92. The van der Waals surface area contributed by atoms with Crippen molar-refractivity contribution in [3.05, 3.63) is 48.1 Å². The molecule has 1 aliphatic rings. The van der Waals surface area contributed by atoms with Crippen LogP contribution in [0, 0.1) is 13.8 Å². The van der Waals surface area contributed by atoms with E-state index >= 15 is 0 Å². The number of ether oxygens (including phenoxy) is 1. The molecule has 4 aromatic rings. The van der Waals surface area contributed by atoms with Crippen molar-refractivity contribution in [3.63, 3.8) is 0 Å². The first-order chi connectivity index (χ1) is 16.4. The maximum atomic E-state index is 13.3. The Labute approximate surface area is 195 Å². The van der Waals surface area contributed by atoms with Crippen molar-refractivity contribution in [3.8, 4) is 17.1 Å². The van der Waals surface area contributed by atoms with Gasteiger partial charge in [-0.2, -0.15) is 15.1 Å². The number of H-pyrrole nitrogens is 1. The molecule has 0 saturated carbocycles. The Bertz CT molecular complexity index is 1440. The molecule has 5 rings (SSSR count). The van der Waals surface area contributed by atoms with Crippen LogP contribution in [0.25, 0.3) is 33.1 Å². The molecule has 0 unspecified atom stereocenters. The standard InChI is InChI=1S/C24H24FN7O2/c1-13-9-18-17(12-27-30-18)20(14(13)2)16-10-19-21(26-11-16)22(29-24(28-19)34-4)31-5-7-32(8-6-31)23(33)15(3)25/h9-12H,3,5-8H2,1-2,4H3,(H,27,30). The van der Waals surface area contributed by atoms with Crippen LogP contribution >= 0.6 is 0 Å². The molecule has 1 fully saturated rings. The zero-order valence-corrected chi connectivity index (χ0v) is 19.2. The summed E-state index contributed by atoms with van der Waals surface area (Å²) in [6, 6.07) is 4.30. The fraction of sp³-hybridized carbons (Fsp3) is 0.292. The van der Waals surface area contributed by atoms with Gasteiger partial charge in [0.1, 0.15) is 5.52 Å². The van der Waals surface area contributed by atoms with E-state index < -0.39 is 11.7 Å². The van der Waals surface area contributed by atoms with E-state index in [2.05, 4.69) is 46.7 Å². The molecule has 34 heavy (non-hydrogen) atoms. The van der Waals surface area contributed by atoms with Crippen LogP contribution in [-0.2, 0) is 4.79 Å². The van der Waals surface area contributed by atoms with Gasteiger partial charge in [-0.3, -0.25) is 14.9 Å². The molecule has 4 heterocycles. The first kappa shape index (κ1) is 21.7. The molecule has 0 aliphatic carbocycles. The molecule has 1 aliphatic heterocycles. The second kappa shape index (κ2) is 8.36. The number of methoxy groups -OCH3 is 1. The van der Waals surface area contributed by atoms with Crippen molar-refractivity contribution in [2.45, 2.75) is 13.8 Å². The van der Waals surface area contributed by atoms with E-state index in [0.29, 0.717) is 43.0 Å². The summed E-state index contributed by atoms with van der Waals surface area (Å²) in [5, 5.41) is 8.27. The fourth-order valence-corrected chi connectivity index (χ4v) is 4.42. The number of anilines is 1. The number of amides is 1. The molecule has 1 amide bonds. The number of aryl methyl sites for hydroxylation is 1. The summed E-state index contributed by atoms with van der Waals surface area (Å²) in [5.41, 5.74) is 6.50. The molecule has 10 heteroatoms. The lowest BCUT2D eigenvalue weighted by Gasteiger charge is -2.35. The van der Waals surface area contributed by atoms with Crippen molar-refractivity contribution in [1.29, 1.82) is 0 Å². The number of piperazine rings is 1. The second-order valence-corrected chi connectivity index (χ2v) is 8.33. The number of nitrogens with one attached hydrogen (secondary N) is 1. The number of hydrogen-bond acceptors (Lipinski definition) is 7. The van der Waals surface area contributed by atoms with Crippen LogP contribution in [0.1, 0.15) is 11.1 Å². The maximum Gasteiger partial charge on any atom is 0.318 e. The van der Waals surface area contributed by atoms with Gasteiger partial charge < -0.3 is 14.5 Å². The van der Waals surface area contributed by atoms with E-state index in [1.54, 1.807) is 0 Å². The lowest BCUT2D eigenvalue weighted by atomic mass is 9.94. The minimum atomic E-state index is -0.949. The predicted octanol–water partition coefficient (Wildman–Crippen LogP) is 3.33. The molecule has 1 aromatic carbocycles. The zero-order chi connectivity index (χ0) is 24.0. The van der Waals surface area contributed by atoms with Gasteiger partial charge in [0, 0.05) is 43.3 Å². The number of aromatic nitrogens is 5. The van der Waals surface area contributed by atoms with Gasteiger partial charge in [-0.1, -0.05) is 6.58 Å². The lowest BCUT2D eigenvalue weighted by Crippen LogP contribution is -2.49. The lowest BCUT2D eigenvalue weighted by molar-refractivity contribution is -0.128. The SMILES string of the molecule is C=C(F)C(=O)N1CCN(c2nc(OC)nc3cc(-c4c(C)c(C)cc5[nH]ncc45)cnc23)CC1. The van der Waals surface area contributed by atoms with Crippen molar-refractivity contribution in [2.24, 2.45) is 0 Å². The smallest absolute Gasteiger partial charge is 0.318 e. The summed E-state index contributed by atoms with van der Waals surface area (Å²) in [6.07, 6.45) is 3.64. The monoisotopic (exact) mass is 461 g/mol. The van der Waals surface area contributed by atoms with Gasteiger partial charge in [0.15, 0.2) is 11.6 Å². The van der Waals surface area contributed by atoms with Crippen LogP contribution in [0.5, 0.6) is 6.01 Å². The third kappa shape index (κ3) is 3.60. The molecular formula is C24H24FN7O2. The van der Waals surface area contributed by atoms with Gasteiger partial charge in [-0.25, -0.2) is 4.39 Å². The van der Waals surface area contributed by atoms with Gasteiger partial charge in [0.2, 0.25) is 0 Å². The van der Waals surface area contributed by atoms with Crippen molar-refractivity contribution in [1.82, 2.24) is 30.0 Å². The molecule has 0 atom stereocenters. The Kier molecular flexibility index (Phi) is 5.35. The number of hydrogen-bond donors (Lipinski definition) is 1. The molecule has 1 N–H and O–H groups in total. The van der Waals surface area contributed by atoms with Gasteiger partial charge >= 0.3 is 6.01 Å². The minimum Gasteiger partial charge on any atom is -0.467 e. The number of halogens is 1. The first-order valence-electron chi connectivity index (χ1n) is 10.9. The summed E-state index contributed by atoms with van der Waals surface area (Å²) < 4.78 is 18.6. The number of aromatic amines is 1. The van der Waals surface area contributed by atoms with E-state index in [1.807, 2.05) is 23.4 Å². The fourth-order valence-electron chi connectivity index (χ4n) is 4.42. The highest BCUT2D eigenvalue weighted by Crippen LogP contribution is 2.35. The Morgan fingerprint density at radius 2 is 1.91 bits per heavy atom. The Morgan fingerprint density at radius 1 is 1.15 bits per heavy atom. The highest BCUT2D eigenvalue weighted by atomic mass is 19.1. The first-order valence-corrected chi connectivity index (χ1v) is 10.9. The second-order valence-electron chi connectivity index (χ2n) is 8.33. The number of rotatable bonds is 4. The number of pyridine rings is 1. The molecule has 0 radical (unpaired) electrons. The van der Waals surface area contributed by atoms with E-state index in [4.69, 9.17) is 9.72 Å². The summed E-state index contributed by atoms with van der Waals surface area (Å²) in [5.74, 6) is -1.00. The van der Waals surface area contributed by atoms with E-state index in [1.165, 1.54) is 12.0 Å². The number of carbonyl (C=O) groups is 1. The average molecular weight is 462 g/mol. The topological polar surface area (TPSA) is 100 Å². The highest BCUT2D eigenvalue weighted by molar-refractivity contribution is 5.99. The van der Waals surface area contributed by atoms with Gasteiger partial charge in [0.25, 0.3) is 5.91 Å². The van der Waals surface area contributed by atoms with Gasteiger partial charge in [-0.15, -0.1) is 0 Å². The van der Waals surface area contributed by atoms with Crippen molar-refractivity contribution < 1.29 is 13.9 Å². The number of carbonyl (C=O) groups excluding carboxylic acids is 1. The number of nitrogens with zero attached hydrogens (tertiary/aromatic N) is 6. The van der Waals surface area contributed by atoms with Gasteiger partial charge in [-0.05, 0) is 42.7 Å². The number of fused-ring (bicyclic) bond motifs is 2. The van der Waals surface area contributed by atoms with Crippen LogP contribution in [0.4, 0.5) is 10.2 Å². The Balaban J connectivity index is 1.57.